The Bertz CT molecular complexity index is 615. The highest BCUT2D eigenvalue weighted by atomic mass is 32.1. The molecule has 0 saturated carbocycles. The monoisotopic (exact) mass is 349 g/mol. The van der Waals surface area contributed by atoms with E-state index >= 15 is 0 Å². The van der Waals surface area contributed by atoms with Gasteiger partial charge in [-0.1, -0.05) is 6.92 Å². The van der Waals surface area contributed by atoms with Gasteiger partial charge < -0.3 is 9.80 Å². The first-order valence-electron chi connectivity index (χ1n) is 9.08. The standard InChI is InChI=1S/C18H27N3O2S/c1-3-6-15-19-14(11-24-15)17(23)21-10-5-8-18(13-21)9-7-16(22)20(4-2)12-18/h11H,3-10,12-13H2,1-2H3. The first-order chi connectivity index (χ1) is 11.6. The van der Waals surface area contributed by atoms with Crippen molar-refractivity contribution < 1.29 is 9.59 Å². The van der Waals surface area contributed by atoms with Gasteiger partial charge in [-0.2, -0.15) is 0 Å². The smallest absolute Gasteiger partial charge is 0.273 e. The summed E-state index contributed by atoms with van der Waals surface area (Å²) in [6, 6.07) is 0. The van der Waals surface area contributed by atoms with Gasteiger partial charge in [-0.15, -0.1) is 11.3 Å². The van der Waals surface area contributed by atoms with Gasteiger partial charge in [0.25, 0.3) is 5.91 Å². The molecule has 6 heteroatoms. The summed E-state index contributed by atoms with van der Waals surface area (Å²) in [7, 11) is 0. The lowest BCUT2D eigenvalue weighted by Crippen LogP contribution is -2.55. The minimum Gasteiger partial charge on any atom is -0.342 e. The normalized spacial score (nSPS) is 24.7. The van der Waals surface area contributed by atoms with Crippen molar-refractivity contribution in [3.8, 4) is 0 Å². The number of hydrogen-bond donors (Lipinski definition) is 0. The van der Waals surface area contributed by atoms with Gasteiger partial charge in [0.2, 0.25) is 5.91 Å². The number of carbonyl (C=O) groups is 2. The number of aryl methyl sites for hydroxylation is 1. The Kier molecular flexibility index (Phi) is 5.23. The van der Waals surface area contributed by atoms with E-state index < -0.39 is 0 Å². The molecule has 1 aromatic rings. The fourth-order valence-corrected chi connectivity index (χ4v) is 4.88. The number of carbonyl (C=O) groups excluding carboxylic acids is 2. The molecule has 2 amide bonds. The molecule has 2 aliphatic rings. The van der Waals surface area contributed by atoms with Gasteiger partial charge in [0.1, 0.15) is 5.69 Å². The van der Waals surface area contributed by atoms with Crippen molar-refractivity contribution >= 4 is 23.2 Å². The molecule has 0 N–H and O–H groups in total. The maximum atomic E-state index is 12.8. The van der Waals surface area contributed by atoms with E-state index in [1.54, 1.807) is 11.3 Å². The van der Waals surface area contributed by atoms with Crippen LogP contribution in [0, 0.1) is 5.41 Å². The van der Waals surface area contributed by atoms with E-state index in [0.717, 1.165) is 63.3 Å². The molecule has 2 aliphatic heterocycles. The fraction of sp³-hybridized carbons (Fsp3) is 0.722. The second-order valence-corrected chi connectivity index (χ2v) is 8.06. The van der Waals surface area contributed by atoms with Crippen molar-refractivity contribution in [1.82, 2.24) is 14.8 Å². The molecule has 0 aromatic carbocycles. The van der Waals surface area contributed by atoms with Crippen LogP contribution in [0.15, 0.2) is 5.38 Å². The van der Waals surface area contributed by atoms with Gasteiger partial charge in [0.15, 0.2) is 0 Å². The van der Waals surface area contributed by atoms with Gasteiger partial charge in [-0.3, -0.25) is 9.59 Å². The van der Waals surface area contributed by atoms with Crippen LogP contribution in [0.2, 0.25) is 0 Å². The average Bonchev–Trinajstić information content (AvgIpc) is 3.06. The largest absolute Gasteiger partial charge is 0.342 e. The summed E-state index contributed by atoms with van der Waals surface area (Å²) in [5.74, 6) is 0.322. The molecule has 2 fully saturated rings. The summed E-state index contributed by atoms with van der Waals surface area (Å²) in [5.41, 5.74) is 0.680. The number of aromatic nitrogens is 1. The van der Waals surface area contributed by atoms with Crippen LogP contribution in [0.25, 0.3) is 0 Å². The zero-order valence-electron chi connectivity index (χ0n) is 14.7. The summed E-state index contributed by atoms with van der Waals surface area (Å²) < 4.78 is 0. The third-order valence-corrected chi connectivity index (χ3v) is 6.22. The second-order valence-electron chi connectivity index (χ2n) is 7.11. The Hall–Kier alpha value is -1.43. The molecule has 0 bridgehead atoms. The molecule has 0 aliphatic carbocycles. The van der Waals surface area contributed by atoms with Crippen molar-refractivity contribution in [3.63, 3.8) is 0 Å². The molecule has 2 saturated heterocycles. The number of amides is 2. The number of nitrogens with zero attached hydrogens (tertiary/aromatic N) is 3. The average molecular weight is 350 g/mol. The van der Waals surface area contributed by atoms with E-state index in [-0.39, 0.29) is 17.2 Å². The second kappa shape index (κ2) is 7.21. The highest BCUT2D eigenvalue weighted by molar-refractivity contribution is 7.09. The van der Waals surface area contributed by atoms with E-state index in [4.69, 9.17) is 0 Å². The molecule has 132 valence electrons. The van der Waals surface area contributed by atoms with Crippen molar-refractivity contribution in [2.45, 2.75) is 52.4 Å². The number of hydrogen-bond acceptors (Lipinski definition) is 4. The lowest BCUT2D eigenvalue weighted by Gasteiger charge is -2.48. The van der Waals surface area contributed by atoms with Crippen LogP contribution in [-0.2, 0) is 11.2 Å². The topological polar surface area (TPSA) is 53.5 Å². The van der Waals surface area contributed by atoms with Gasteiger partial charge >= 0.3 is 0 Å². The molecule has 1 aromatic heterocycles. The Morgan fingerprint density at radius 2 is 2.17 bits per heavy atom. The number of rotatable bonds is 4. The molecule has 1 spiro atoms. The summed E-state index contributed by atoms with van der Waals surface area (Å²) >= 11 is 1.59. The summed E-state index contributed by atoms with van der Waals surface area (Å²) in [5, 5.41) is 2.95. The number of piperidine rings is 2. The maximum Gasteiger partial charge on any atom is 0.273 e. The summed E-state index contributed by atoms with van der Waals surface area (Å²) in [4.78, 5) is 33.3. The number of likely N-dealkylation sites (tertiary alicyclic amines) is 2. The van der Waals surface area contributed by atoms with Crippen molar-refractivity contribution in [1.29, 1.82) is 0 Å². The highest BCUT2D eigenvalue weighted by Crippen LogP contribution is 2.39. The van der Waals surface area contributed by atoms with Crippen LogP contribution >= 0.6 is 11.3 Å². The molecule has 0 radical (unpaired) electrons. The van der Waals surface area contributed by atoms with Crippen molar-refractivity contribution in [3.05, 3.63) is 16.1 Å². The SMILES string of the molecule is CCCc1nc(C(=O)N2CCCC3(CCC(=O)N(CC)C3)C2)cs1. The van der Waals surface area contributed by atoms with Crippen LogP contribution < -0.4 is 0 Å². The van der Waals surface area contributed by atoms with Crippen LogP contribution in [0.5, 0.6) is 0 Å². The lowest BCUT2D eigenvalue weighted by molar-refractivity contribution is -0.138. The van der Waals surface area contributed by atoms with Crippen LogP contribution in [0.4, 0.5) is 0 Å². The zero-order chi connectivity index (χ0) is 17.2. The Morgan fingerprint density at radius 1 is 1.33 bits per heavy atom. The van der Waals surface area contributed by atoms with E-state index in [1.807, 2.05) is 22.1 Å². The number of thiazole rings is 1. The quantitative estimate of drug-likeness (QED) is 0.840. The van der Waals surface area contributed by atoms with Gasteiger partial charge in [-0.05, 0) is 39.0 Å². The third-order valence-electron chi connectivity index (χ3n) is 5.31. The summed E-state index contributed by atoms with van der Waals surface area (Å²) in [6.45, 7) is 7.29. The molecular weight excluding hydrogens is 322 g/mol. The maximum absolute atomic E-state index is 12.8. The predicted molar refractivity (Wildman–Crippen MR) is 95.2 cm³/mol. The molecule has 24 heavy (non-hydrogen) atoms. The van der Waals surface area contributed by atoms with E-state index in [2.05, 4.69) is 11.9 Å². The van der Waals surface area contributed by atoms with Gasteiger partial charge in [-0.25, -0.2) is 4.98 Å². The molecular formula is C18H27N3O2S. The zero-order valence-corrected chi connectivity index (χ0v) is 15.5. The lowest BCUT2D eigenvalue weighted by atomic mass is 9.73. The first kappa shape index (κ1) is 17.4. The van der Waals surface area contributed by atoms with Gasteiger partial charge in [0, 0.05) is 43.4 Å². The van der Waals surface area contributed by atoms with Crippen LogP contribution in [-0.4, -0.2) is 52.8 Å². The first-order valence-corrected chi connectivity index (χ1v) is 9.96. The highest BCUT2D eigenvalue weighted by Gasteiger charge is 2.42. The minimum absolute atomic E-state index is 0.0626. The van der Waals surface area contributed by atoms with E-state index in [1.165, 1.54) is 0 Å². The summed E-state index contributed by atoms with van der Waals surface area (Å²) in [6.07, 6.45) is 5.64. The van der Waals surface area contributed by atoms with Crippen molar-refractivity contribution in [2.24, 2.45) is 5.41 Å². The van der Waals surface area contributed by atoms with E-state index in [0.29, 0.717) is 12.1 Å². The molecule has 5 nitrogen and oxygen atoms in total. The van der Waals surface area contributed by atoms with Gasteiger partial charge in [0.05, 0.1) is 5.01 Å². The Morgan fingerprint density at radius 3 is 2.92 bits per heavy atom. The van der Waals surface area contributed by atoms with E-state index in [9.17, 15) is 9.59 Å². The fourth-order valence-electron chi connectivity index (χ4n) is 4.00. The molecule has 1 atom stereocenters. The molecule has 1 unspecified atom stereocenters. The molecule has 3 rings (SSSR count). The van der Waals surface area contributed by atoms with Crippen LogP contribution in [0.1, 0.15) is 61.4 Å². The van der Waals surface area contributed by atoms with Crippen molar-refractivity contribution in [2.75, 3.05) is 26.2 Å². The third kappa shape index (κ3) is 3.48. The van der Waals surface area contributed by atoms with Crippen LogP contribution in [0.3, 0.4) is 0 Å². The molecule has 3 heterocycles. The Balaban J connectivity index is 1.70. The minimum atomic E-state index is 0.0626. The predicted octanol–water partition coefficient (Wildman–Crippen LogP) is 2.96. The Labute approximate surface area is 148 Å².